The molecule has 2 N–H and O–H groups in total. The first-order valence-electron chi connectivity index (χ1n) is 7.48. The fraction of sp³-hybridized carbons (Fsp3) is 0.235. The lowest BCUT2D eigenvalue weighted by Gasteiger charge is -2.10. The maximum absolute atomic E-state index is 12.0. The van der Waals surface area contributed by atoms with Crippen molar-refractivity contribution in [1.29, 1.82) is 0 Å². The smallest absolute Gasteiger partial charge is 0.268 e. The molecule has 1 atom stereocenters. The van der Waals surface area contributed by atoms with Crippen molar-refractivity contribution < 1.29 is 18.8 Å². The van der Waals surface area contributed by atoms with E-state index in [1.807, 2.05) is 6.92 Å². The van der Waals surface area contributed by atoms with Gasteiger partial charge in [0.1, 0.15) is 12.0 Å². The fourth-order valence-electron chi connectivity index (χ4n) is 2.26. The van der Waals surface area contributed by atoms with E-state index in [0.717, 1.165) is 5.71 Å². The van der Waals surface area contributed by atoms with Gasteiger partial charge in [0.05, 0.1) is 11.3 Å². The molecule has 0 fully saturated rings. The summed E-state index contributed by atoms with van der Waals surface area (Å²) in [6.45, 7) is 3.58. The Bertz CT molecular complexity index is 792. The van der Waals surface area contributed by atoms with Crippen LogP contribution in [0.1, 0.15) is 29.5 Å². The van der Waals surface area contributed by atoms with Gasteiger partial charge < -0.3 is 19.9 Å². The van der Waals surface area contributed by atoms with Gasteiger partial charge >= 0.3 is 0 Å². The summed E-state index contributed by atoms with van der Waals surface area (Å²) < 4.78 is 5.11. The zero-order valence-electron chi connectivity index (χ0n) is 13.3. The number of aryl methyl sites for hydroxylation is 1. The molecule has 7 nitrogen and oxygen atoms in total. The van der Waals surface area contributed by atoms with Crippen molar-refractivity contribution >= 4 is 28.9 Å². The average molecular weight is 327 g/mol. The maximum atomic E-state index is 12.0. The van der Waals surface area contributed by atoms with Crippen LogP contribution in [0.2, 0.25) is 0 Å². The number of nitrogens with zero attached hydrogens (tertiary/aromatic N) is 1. The third-order valence-electron chi connectivity index (χ3n) is 3.51. The summed E-state index contributed by atoms with van der Waals surface area (Å²) in [6.07, 6.45) is 1.31. The molecule has 1 aromatic carbocycles. The zero-order valence-corrected chi connectivity index (χ0v) is 13.3. The van der Waals surface area contributed by atoms with Crippen LogP contribution in [-0.4, -0.2) is 23.6 Å². The molecule has 3 rings (SSSR count). The SMILES string of the molecule is CC1=NOC(C(=O)Nc2ccc(NC(=O)c3coc(C)c3)cc2)C1. The van der Waals surface area contributed by atoms with Crippen LogP contribution in [0, 0.1) is 6.92 Å². The standard InChI is InChI=1S/C17H17N3O4/c1-10-7-15(24-20-10)17(22)19-14-5-3-13(4-6-14)18-16(21)12-8-11(2)23-9-12/h3-6,8-9,15H,7H2,1-2H3,(H,18,21)(H,19,22). The van der Waals surface area contributed by atoms with Crippen LogP contribution in [0.15, 0.2) is 46.2 Å². The van der Waals surface area contributed by atoms with Crippen molar-refractivity contribution in [1.82, 2.24) is 0 Å². The Morgan fingerprint density at radius 3 is 2.33 bits per heavy atom. The molecule has 1 aliphatic heterocycles. The van der Waals surface area contributed by atoms with Crippen LogP contribution in [0.4, 0.5) is 11.4 Å². The van der Waals surface area contributed by atoms with E-state index >= 15 is 0 Å². The molecule has 1 unspecified atom stereocenters. The van der Waals surface area contributed by atoms with Crippen molar-refractivity contribution in [3.63, 3.8) is 0 Å². The lowest BCUT2D eigenvalue weighted by atomic mass is 10.2. The number of rotatable bonds is 4. The number of benzene rings is 1. The van der Waals surface area contributed by atoms with Crippen LogP contribution in [0.25, 0.3) is 0 Å². The number of hydrogen-bond donors (Lipinski definition) is 2. The number of amides is 2. The van der Waals surface area contributed by atoms with Gasteiger partial charge in [0.25, 0.3) is 11.8 Å². The van der Waals surface area contributed by atoms with E-state index in [0.29, 0.717) is 29.1 Å². The first kappa shape index (κ1) is 15.8. The maximum Gasteiger partial charge on any atom is 0.268 e. The van der Waals surface area contributed by atoms with Crippen molar-refractivity contribution in [2.24, 2.45) is 5.16 Å². The van der Waals surface area contributed by atoms with Gasteiger partial charge in [-0.05, 0) is 44.2 Å². The van der Waals surface area contributed by atoms with Gasteiger partial charge in [-0.3, -0.25) is 9.59 Å². The molecule has 0 saturated carbocycles. The molecule has 0 aliphatic carbocycles. The molecular weight excluding hydrogens is 310 g/mol. The Labute approximate surface area is 138 Å². The highest BCUT2D eigenvalue weighted by molar-refractivity contribution is 6.04. The molecule has 0 saturated heterocycles. The molecular formula is C17H17N3O4. The van der Waals surface area contributed by atoms with Crippen molar-refractivity contribution in [2.45, 2.75) is 26.4 Å². The quantitative estimate of drug-likeness (QED) is 0.903. The zero-order chi connectivity index (χ0) is 17.1. The summed E-state index contributed by atoms with van der Waals surface area (Å²) in [6, 6.07) is 8.48. The van der Waals surface area contributed by atoms with Crippen molar-refractivity contribution in [3.8, 4) is 0 Å². The van der Waals surface area contributed by atoms with Gasteiger partial charge in [-0.25, -0.2) is 0 Å². The van der Waals surface area contributed by atoms with Crippen LogP contribution in [-0.2, 0) is 9.63 Å². The second kappa shape index (κ2) is 6.57. The summed E-state index contributed by atoms with van der Waals surface area (Å²) in [5.41, 5.74) is 2.49. The van der Waals surface area contributed by atoms with Gasteiger partial charge in [-0.1, -0.05) is 5.16 Å². The number of furan rings is 1. The highest BCUT2D eigenvalue weighted by Gasteiger charge is 2.26. The average Bonchev–Trinajstić information content (AvgIpc) is 3.18. The molecule has 2 amide bonds. The number of anilines is 2. The Morgan fingerprint density at radius 2 is 1.79 bits per heavy atom. The molecule has 0 spiro atoms. The van der Waals surface area contributed by atoms with Gasteiger partial charge in [0.15, 0.2) is 0 Å². The first-order valence-corrected chi connectivity index (χ1v) is 7.48. The number of nitrogens with one attached hydrogen (secondary N) is 2. The number of carbonyl (C=O) groups excluding carboxylic acids is 2. The number of carbonyl (C=O) groups is 2. The predicted molar refractivity (Wildman–Crippen MR) is 89.1 cm³/mol. The van der Waals surface area contributed by atoms with Gasteiger partial charge in [-0.2, -0.15) is 0 Å². The highest BCUT2D eigenvalue weighted by Crippen LogP contribution is 2.17. The molecule has 0 radical (unpaired) electrons. The normalized spacial score (nSPS) is 16.2. The molecule has 7 heteroatoms. The third kappa shape index (κ3) is 3.62. The number of hydrogen-bond acceptors (Lipinski definition) is 5. The lowest BCUT2D eigenvalue weighted by molar-refractivity contribution is -0.125. The molecule has 1 aromatic heterocycles. The Hall–Kier alpha value is -3.09. The van der Waals surface area contributed by atoms with E-state index in [-0.39, 0.29) is 11.8 Å². The topological polar surface area (TPSA) is 92.9 Å². The fourth-order valence-corrected chi connectivity index (χ4v) is 2.26. The molecule has 2 aromatic rings. The second-order valence-electron chi connectivity index (χ2n) is 5.59. The molecule has 24 heavy (non-hydrogen) atoms. The van der Waals surface area contributed by atoms with Crippen LogP contribution in [0.3, 0.4) is 0 Å². The van der Waals surface area contributed by atoms with Gasteiger partial charge in [0, 0.05) is 17.8 Å². The summed E-state index contributed by atoms with van der Waals surface area (Å²) in [5, 5.41) is 9.27. The van der Waals surface area contributed by atoms with Crippen LogP contribution >= 0.6 is 0 Å². The van der Waals surface area contributed by atoms with Crippen molar-refractivity contribution in [2.75, 3.05) is 10.6 Å². The largest absolute Gasteiger partial charge is 0.469 e. The number of oxime groups is 1. The van der Waals surface area contributed by atoms with Crippen LogP contribution < -0.4 is 10.6 Å². The molecule has 2 heterocycles. The van der Waals surface area contributed by atoms with E-state index in [4.69, 9.17) is 9.25 Å². The highest BCUT2D eigenvalue weighted by atomic mass is 16.6. The van der Waals surface area contributed by atoms with Gasteiger partial charge in [-0.15, -0.1) is 0 Å². The lowest BCUT2D eigenvalue weighted by Crippen LogP contribution is -2.27. The summed E-state index contributed by atoms with van der Waals surface area (Å²) in [5.74, 6) is 0.170. The third-order valence-corrected chi connectivity index (χ3v) is 3.51. The minimum atomic E-state index is -0.589. The molecule has 0 bridgehead atoms. The van der Waals surface area contributed by atoms with E-state index in [1.165, 1.54) is 6.26 Å². The second-order valence-corrected chi connectivity index (χ2v) is 5.59. The van der Waals surface area contributed by atoms with E-state index in [1.54, 1.807) is 37.3 Å². The van der Waals surface area contributed by atoms with Crippen LogP contribution in [0.5, 0.6) is 0 Å². The molecule has 124 valence electrons. The summed E-state index contributed by atoms with van der Waals surface area (Å²) in [7, 11) is 0. The monoisotopic (exact) mass is 327 g/mol. The van der Waals surface area contributed by atoms with E-state index in [9.17, 15) is 9.59 Å². The van der Waals surface area contributed by atoms with Crippen molar-refractivity contribution in [3.05, 3.63) is 47.9 Å². The Morgan fingerprint density at radius 1 is 1.12 bits per heavy atom. The van der Waals surface area contributed by atoms with E-state index < -0.39 is 6.10 Å². The summed E-state index contributed by atoms with van der Waals surface area (Å²) >= 11 is 0. The predicted octanol–water partition coefficient (Wildman–Crippen LogP) is 2.94. The minimum absolute atomic E-state index is 0.249. The Balaban J connectivity index is 1.57. The first-order chi connectivity index (χ1) is 11.5. The Kier molecular flexibility index (Phi) is 4.33. The van der Waals surface area contributed by atoms with Gasteiger partial charge in [0.2, 0.25) is 6.10 Å². The molecule has 1 aliphatic rings. The summed E-state index contributed by atoms with van der Waals surface area (Å²) in [4.78, 5) is 29.1. The van der Waals surface area contributed by atoms with E-state index in [2.05, 4.69) is 15.8 Å². The minimum Gasteiger partial charge on any atom is -0.469 e.